The molecule has 0 fully saturated rings. The molecule has 3 nitrogen and oxygen atoms in total. The number of carbonyl (C=O) groups is 1. The van der Waals surface area contributed by atoms with Crippen LogP contribution in [0.4, 0.5) is 0 Å². The number of methoxy groups -OCH3 is 1. The van der Waals surface area contributed by atoms with Crippen LogP contribution in [0.15, 0.2) is 24.3 Å². The molecule has 82 valence electrons. The Morgan fingerprint density at radius 3 is 2.27 bits per heavy atom. The van der Waals surface area contributed by atoms with Gasteiger partial charge in [-0.15, -0.1) is 0 Å². The minimum atomic E-state index is -0.282. The number of hydrogen-bond donors (Lipinski definition) is 1. The van der Waals surface area contributed by atoms with E-state index in [0.717, 1.165) is 11.3 Å². The maximum absolute atomic E-state index is 10.9. The Kier molecular flexibility index (Phi) is 3.35. The zero-order valence-corrected chi connectivity index (χ0v) is 9.41. The van der Waals surface area contributed by atoms with Gasteiger partial charge in [0.1, 0.15) is 5.75 Å². The Balaban J connectivity index is 2.89. The van der Waals surface area contributed by atoms with Crippen LogP contribution in [0, 0.1) is 0 Å². The highest BCUT2D eigenvalue weighted by molar-refractivity contribution is 5.75. The van der Waals surface area contributed by atoms with Gasteiger partial charge in [0.25, 0.3) is 0 Å². The quantitative estimate of drug-likeness (QED) is 0.819. The predicted molar refractivity (Wildman–Crippen MR) is 59.8 cm³/mol. The van der Waals surface area contributed by atoms with E-state index < -0.39 is 0 Å². The Morgan fingerprint density at radius 2 is 1.87 bits per heavy atom. The summed E-state index contributed by atoms with van der Waals surface area (Å²) in [6.07, 6.45) is 0.347. The summed E-state index contributed by atoms with van der Waals surface area (Å²) in [5.74, 6) is 0.532. The van der Waals surface area contributed by atoms with Crippen LogP contribution in [-0.4, -0.2) is 13.0 Å². The molecule has 3 heteroatoms. The SMILES string of the molecule is COc1ccc(C(C)(C)CC(N)=O)cc1. The number of nitrogens with two attached hydrogens (primary N) is 1. The summed E-state index contributed by atoms with van der Waals surface area (Å²) in [7, 11) is 1.63. The largest absolute Gasteiger partial charge is 0.497 e. The molecule has 1 amide bonds. The van der Waals surface area contributed by atoms with E-state index in [4.69, 9.17) is 10.5 Å². The lowest BCUT2D eigenvalue weighted by Crippen LogP contribution is -2.26. The van der Waals surface area contributed by atoms with Gasteiger partial charge in [0, 0.05) is 6.42 Å². The Hall–Kier alpha value is -1.51. The van der Waals surface area contributed by atoms with E-state index in [-0.39, 0.29) is 11.3 Å². The number of benzene rings is 1. The summed E-state index contributed by atoms with van der Waals surface area (Å²) in [6.45, 7) is 4.00. The maximum atomic E-state index is 10.9. The van der Waals surface area contributed by atoms with Crippen molar-refractivity contribution >= 4 is 5.91 Å². The first-order valence-electron chi connectivity index (χ1n) is 4.88. The van der Waals surface area contributed by atoms with E-state index in [2.05, 4.69) is 0 Å². The van der Waals surface area contributed by atoms with Gasteiger partial charge in [0.05, 0.1) is 7.11 Å². The fraction of sp³-hybridized carbons (Fsp3) is 0.417. The smallest absolute Gasteiger partial charge is 0.218 e. The average molecular weight is 207 g/mol. The zero-order valence-electron chi connectivity index (χ0n) is 9.41. The van der Waals surface area contributed by atoms with E-state index >= 15 is 0 Å². The van der Waals surface area contributed by atoms with Gasteiger partial charge in [0.2, 0.25) is 5.91 Å². The molecule has 1 aromatic rings. The van der Waals surface area contributed by atoms with Gasteiger partial charge in [-0.3, -0.25) is 4.79 Å². The van der Waals surface area contributed by atoms with E-state index in [0.29, 0.717) is 6.42 Å². The first kappa shape index (κ1) is 11.6. The molecule has 2 N–H and O–H groups in total. The van der Waals surface area contributed by atoms with Crippen LogP contribution < -0.4 is 10.5 Å². The minimum absolute atomic E-state index is 0.224. The van der Waals surface area contributed by atoms with Crippen molar-refractivity contribution < 1.29 is 9.53 Å². The third-order valence-electron chi connectivity index (χ3n) is 2.49. The monoisotopic (exact) mass is 207 g/mol. The molecule has 0 saturated heterocycles. The van der Waals surface area contributed by atoms with E-state index in [1.807, 2.05) is 38.1 Å². The van der Waals surface area contributed by atoms with Crippen molar-refractivity contribution in [2.24, 2.45) is 5.73 Å². The van der Waals surface area contributed by atoms with Gasteiger partial charge in [-0.2, -0.15) is 0 Å². The van der Waals surface area contributed by atoms with E-state index in [9.17, 15) is 4.79 Å². The summed E-state index contributed by atoms with van der Waals surface area (Å²) in [5, 5.41) is 0. The van der Waals surface area contributed by atoms with Crippen molar-refractivity contribution in [3.05, 3.63) is 29.8 Å². The van der Waals surface area contributed by atoms with E-state index in [1.165, 1.54) is 0 Å². The third kappa shape index (κ3) is 2.98. The molecule has 1 rings (SSSR count). The van der Waals surface area contributed by atoms with Crippen molar-refractivity contribution in [2.75, 3.05) is 7.11 Å². The van der Waals surface area contributed by atoms with Crippen molar-refractivity contribution in [3.8, 4) is 5.75 Å². The summed E-state index contributed by atoms with van der Waals surface area (Å²) in [6, 6.07) is 7.69. The van der Waals surface area contributed by atoms with Crippen LogP contribution in [0.5, 0.6) is 5.75 Å². The maximum Gasteiger partial charge on any atom is 0.218 e. The Labute approximate surface area is 90.2 Å². The second-order valence-electron chi connectivity index (χ2n) is 4.26. The average Bonchev–Trinajstić information content (AvgIpc) is 2.16. The molecule has 0 aliphatic carbocycles. The molecule has 0 spiro atoms. The Morgan fingerprint density at radius 1 is 1.33 bits per heavy atom. The Bertz CT molecular complexity index is 341. The molecule has 1 aromatic carbocycles. The molecule has 0 atom stereocenters. The highest BCUT2D eigenvalue weighted by Gasteiger charge is 2.22. The molecule has 15 heavy (non-hydrogen) atoms. The van der Waals surface area contributed by atoms with Gasteiger partial charge in [-0.05, 0) is 23.1 Å². The normalized spacial score (nSPS) is 11.1. The number of amides is 1. The molecule has 0 radical (unpaired) electrons. The summed E-state index contributed by atoms with van der Waals surface area (Å²) >= 11 is 0. The highest BCUT2D eigenvalue weighted by Crippen LogP contribution is 2.28. The molecular weight excluding hydrogens is 190 g/mol. The van der Waals surface area contributed by atoms with Crippen LogP contribution in [0.3, 0.4) is 0 Å². The van der Waals surface area contributed by atoms with Crippen molar-refractivity contribution in [1.82, 2.24) is 0 Å². The van der Waals surface area contributed by atoms with Gasteiger partial charge in [-0.25, -0.2) is 0 Å². The number of ether oxygens (including phenoxy) is 1. The molecule has 0 bridgehead atoms. The van der Waals surface area contributed by atoms with Crippen LogP contribution >= 0.6 is 0 Å². The molecule has 0 heterocycles. The number of hydrogen-bond acceptors (Lipinski definition) is 2. The lowest BCUT2D eigenvalue weighted by Gasteiger charge is -2.23. The van der Waals surface area contributed by atoms with Crippen molar-refractivity contribution in [3.63, 3.8) is 0 Å². The molecule has 0 aliphatic rings. The van der Waals surface area contributed by atoms with Crippen LogP contribution in [0.1, 0.15) is 25.8 Å². The third-order valence-corrected chi connectivity index (χ3v) is 2.49. The predicted octanol–water partition coefficient (Wildman–Crippen LogP) is 1.85. The molecule has 0 aliphatic heterocycles. The number of carbonyl (C=O) groups excluding carboxylic acids is 1. The van der Waals surface area contributed by atoms with Crippen molar-refractivity contribution in [2.45, 2.75) is 25.7 Å². The van der Waals surface area contributed by atoms with E-state index in [1.54, 1.807) is 7.11 Å². The molecule has 0 unspecified atom stereocenters. The summed E-state index contributed by atoms with van der Waals surface area (Å²) < 4.78 is 5.07. The van der Waals surface area contributed by atoms with Crippen molar-refractivity contribution in [1.29, 1.82) is 0 Å². The van der Waals surface area contributed by atoms with Gasteiger partial charge in [-0.1, -0.05) is 26.0 Å². The van der Waals surface area contributed by atoms with Gasteiger partial charge in [0.15, 0.2) is 0 Å². The molecular formula is C12H17NO2. The number of rotatable bonds is 4. The minimum Gasteiger partial charge on any atom is -0.497 e. The first-order valence-corrected chi connectivity index (χ1v) is 4.88. The fourth-order valence-corrected chi connectivity index (χ4v) is 1.58. The summed E-state index contributed by atoms with van der Waals surface area (Å²) in [4.78, 5) is 10.9. The highest BCUT2D eigenvalue weighted by atomic mass is 16.5. The second kappa shape index (κ2) is 4.34. The van der Waals surface area contributed by atoms with Crippen LogP contribution in [0.2, 0.25) is 0 Å². The lowest BCUT2D eigenvalue weighted by atomic mass is 9.81. The summed E-state index contributed by atoms with van der Waals surface area (Å²) in [5.41, 5.74) is 6.07. The van der Waals surface area contributed by atoms with Crippen LogP contribution in [0.25, 0.3) is 0 Å². The second-order valence-corrected chi connectivity index (χ2v) is 4.26. The fourth-order valence-electron chi connectivity index (χ4n) is 1.58. The molecule has 0 aromatic heterocycles. The van der Waals surface area contributed by atoms with Gasteiger partial charge >= 0.3 is 0 Å². The first-order chi connectivity index (χ1) is 6.95. The van der Waals surface area contributed by atoms with Gasteiger partial charge < -0.3 is 10.5 Å². The zero-order chi connectivity index (χ0) is 11.5. The molecule has 0 saturated carbocycles. The lowest BCUT2D eigenvalue weighted by molar-refractivity contribution is -0.119. The number of primary amides is 1. The topological polar surface area (TPSA) is 52.3 Å². The van der Waals surface area contributed by atoms with Crippen LogP contribution in [-0.2, 0) is 10.2 Å². The standard InChI is InChI=1S/C12H17NO2/c1-12(2,8-11(13)14)9-4-6-10(15-3)7-5-9/h4-7H,8H2,1-3H3,(H2,13,14).